The average Bonchev–Trinajstić information content (AvgIpc) is 2.57. The SMILES string of the molecule is COc1ccc2cc(C=NNc3c(Cl)cc(Cl)cc3Cl)c(Cl)nc2c1. The smallest absolute Gasteiger partial charge is 0.138 e. The second kappa shape index (κ2) is 7.67. The molecule has 0 atom stereocenters. The number of anilines is 1. The standard InChI is InChI=1S/C17H11Cl4N3O/c1-25-12-3-2-9-4-10(17(21)23-15(9)7-12)8-22-24-16-13(19)5-11(18)6-14(16)20/h2-8,24H,1H3. The predicted molar refractivity (Wildman–Crippen MR) is 106 cm³/mol. The summed E-state index contributed by atoms with van der Waals surface area (Å²) in [5.41, 5.74) is 4.63. The summed E-state index contributed by atoms with van der Waals surface area (Å²) < 4.78 is 5.18. The molecule has 128 valence electrons. The second-order valence-corrected chi connectivity index (χ2v) is 6.65. The van der Waals surface area contributed by atoms with E-state index in [1.54, 1.807) is 25.5 Å². The summed E-state index contributed by atoms with van der Waals surface area (Å²) in [6.45, 7) is 0. The molecule has 0 spiro atoms. The minimum absolute atomic E-state index is 0.319. The largest absolute Gasteiger partial charge is 0.497 e. The summed E-state index contributed by atoms with van der Waals surface area (Å²) in [5, 5.41) is 6.54. The van der Waals surface area contributed by atoms with E-state index in [2.05, 4.69) is 15.5 Å². The van der Waals surface area contributed by atoms with E-state index in [1.165, 1.54) is 0 Å². The van der Waals surface area contributed by atoms with Crippen molar-refractivity contribution in [3.05, 3.63) is 62.2 Å². The molecule has 3 aromatic rings. The molecule has 0 amide bonds. The van der Waals surface area contributed by atoms with Crippen LogP contribution in [0.25, 0.3) is 10.9 Å². The third kappa shape index (κ3) is 4.10. The minimum atomic E-state index is 0.319. The van der Waals surface area contributed by atoms with Crippen LogP contribution in [-0.4, -0.2) is 18.3 Å². The average molecular weight is 415 g/mol. The normalized spacial score (nSPS) is 11.2. The van der Waals surface area contributed by atoms with Crippen LogP contribution in [0.3, 0.4) is 0 Å². The van der Waals surface area contributed by atoms with Crippen molar-refractivity contribution in [2.45, 2.75) is 0 Å². The number of hydrazone groups is 1. The van der Waals surface area contributed by atoms with Gasteiger partial charge in [-0.05, 0) is 30.3 Å². The van der Waals surface area contributed by atoms with Crippen LogP contribution in [-0.2, 0) is 0 Å². The number of ether oxygens (including phenoxy) is 1. The first-order chi connectivity index (χ1) is 12.0. The molecule has 0 fully saturated rings. The Morgan fingerprint density at radius 3 is 2.44 bits per heavy atom. The van der Waals surface area contributed by atoms with Gasteiger partial charge in [-0.2, -0.15) is 5.10 Å². The van der Waals surface area contributed by atoms with Gasteiger partial charge in [0.25, 0.3) is 0 Å². The van der Waals surface area contributed by atoms with Gasteiger partial charge in [-0.3, -0.25) is 5.43 Å². The molecule has 3 rings (SSSR count). The number of hydrogen-bond donors (Lipinski definition) is 1. The molecule has 0 saturated carbocycles. The zero-order chi connectivity index (χ0) is 18.0. The molecular weight excluding hydrogens is 404 g/mol. The predicted octanol–water partition coefficient (Wildman–Crippen LogP) is 6.30. The van der Waals surface area contributed by atoms with E-state index in [-0.39, 0.29) is 0 Å². The van der Waals surface area contributed by atoms with E-state index < -0.39 is 0 Å². The number of halogens is 4. The van der Waals surface area contributed by atoms with Gasteiger partial charge in [-0.25, -0.2) is 4.98 Å². The number of rotatable bonds is 4. The molecule has 1 heterocycles. The summed E-state index contributed by atoms with van der Waals surface area (Å²) in [6.07, 6.45) is 1.54. The zero-order valence-electron chi connectivity index (χ0n) is 12.9. The molecule has 0 bridgehead atoms. The van der Waals surface area contributed by atoms with Gasteiger partial charge < -0.3 is 4.74 Å². The number of fused-ring (bicyclic) bond motifs is 1. The lowest BCUT2D eigenvalue weighted by atomic mass is 10.1. The van der Waals surface area contributed by atoms with Crippen molar-refractivity contribution < 1.29 is 4.74 Å². The van der Waals surface area contributed by atoms with Gasteiger partial charge in [0.15, 0.2) is 0 Å². The van der Waals surface area contributed by atoms with E-state index in [1.807, 2.05) is 24.3 Å². The maximum Gasteiger partial charge on any atom is 0.138 e. The summed E-state index contributed by atoms with van der Waals surface area (Å²) in [4.78, 5) is 4.35. The van der Waals surface area contributed by atoms with Crippen LogP contribution in [0, 0.1) is 0 Å². The van der Waals surface area contributed by atoms with Crippen LogP contribution in [0.5, 0.6) is 5.75 Å². The fraction of sp³-hybridized carbons (Fsp3) is 0.0588. The van der Waals surface area contributed by atoms with E-state index in [0.29, 0.717) is 37.2 Å². The van der Waals surface area contributed by atoms with Crippen molar-refractivity contribution >= 4 is 69.2 Å². The number of methoxy groups -OCH3 is 1. The molecule has 25 heavy (non-hydrogen) atoms. The fourth-order valence-corrected chi connectivity index (χ4v) is 3.27. The van der Waals surface area contributed by atoms with Crippen molar-refractivity contribution in [3.63, 3.8) is 0 Å². The van der Waals surface area contributed by atoms with Crippen LogP contribution in [0.15, 0.2) is 41.5 Å². The van der Waals surface area contributed by atoms with Crippen molar-refractivity contribution in [3.8, 4) is 5.75 Å². The molecule has 8 heteroatoms. The van der Waals surface area contributed by atoms with Crippen molar-refractivity contribution in [2.24, 2.45) is 5.10 Å². The summed E-state index contributed by atoms with van der Waals surface area (Å²) >= 11 is 24.3. The maximum atomic E-state index is 6.22. The highest BCUT2D eigenvalue weighted by molar-refractivity contribution is 6.41. The third-order valence-corrected chi connectivity index (χ3v) is 4.51. The molecule has 2 aromatic carbocycles. The summed E-state index contributed by atoms with van der Waals surface area (Å²) in [5.74, 6) is 0.714. The first kappa shape index (κ1) is 18.1. The monoisotopic (exact) mass is 413 g/mol. The highest BCUT2D eigenvalue weighted by Crippen LogP contribution is 2.33. The minimum Gasteiger partial charge on any atom is -0.497 e. The van der Waals surface area contributed by atoms with Crippen molar-refractivity contribution in [1.82, 2.24) is 4.98 Å². The van der Waals surface area contributed by atoms with Crippen LogP contribution < -0.4 is 10.2 Å². The Balaban J connectivity index is 1.88. The Morgan fingerprint density at radius 1 is 1.04 bits per heavy atom. The molecule has 0 aliphatic carbocycles. The van der Waals surface area contributed by atoms with Crippen LogP contribution in [0.4, 0.5) is 5.69 Å². The number of benzene rings is 2. The van der Waals surface area contributed by atoms with Gasteiger partial charge in [0.05, 0.1) is 34.6 Å². The van der Waals surface area contributed by atoms with E-state index in [4.69, 9.17) is 51.1 Å². The van der Waals surface area contributed by atoms with E-state index in [0.717, 1.165) is 10.9 Å². The number of nitrogens with zero attached hydrogens (tertiary/aromatic N) is 2. The molecule has 4 nitrogen and oxygen atoms in total. The molecule has 0 unspecified atom stereocenters. The molecular formula is C17H11Cl4N3O. The van der Waals surface area contributed by atoms with Gasteiger partial charge in [-0.15, -0.1) is 0 Å². The van der Waals surface area contributed by atoms with Crippen molar-refractivity contribution in [2.75, 3.05) is 12.5 Å². The number of aromatic nitrogens is 1. The Hall–Kier alpha value is -1.72. The molecule has 1 aromatic heterocycles. The summed E-state index contributed by atoms with van der Waals surface area (Å²) in [7, 11) is 1.60. The van der Waals surface area contributed by atoms with Gasteiger partial charge in [0.1, 0.15) is 10.9 Å². The molecule has 0 saturated heterocycles. The van der Waals surface area contributed by atoms with Crippen LogP contribution in [0.2, 0.25) is 20.2 Å². The highest BCUT2D eigenvalue weighted by atomic mass is 35.5. The lowest BCUT2D eigenvalue weighted by molar-refractivity contribution is 0.415. The van der Waals surface area contributed by atoms with Crippen LogP contribution in [0.1, 0.15) is 5.56 Å². The zero-order valence-corrected chi connectivity index (χ0v) is 15.9. The number of nitrogens with one attached hydrogen (secondary N) is 1. The van der Waals surface area contributed by atoms with E-state index in [9.17, 15) is 0 Å². The lowest BCUT2D eigenvalue weighted by Crippen LogP contribution is -1.95. The fourth-order valence-electron chi connectivity index (χ4n) is 2.17. The van der Waals surface area contributed by atoms with E-state index >= 15 is 0 Å². The third-order valence-electron chi connectivity index (χ3n) is 3.39. The maximum absolute atomic E-state index is 6.22. The molecule has 0 aliphatic heterocycles. The second-order valence-electron chi connectivity index (χ2n) is 5.04. The van der Waals surface area contributed by atoms with Gasteiger partial charge in [0.2, 0.25) is 0 Å². The van der Waals surface area contributed by atoms with Gasteiger partial charge in [-0.1, -0.05) is 46.4 Å². The molecule has 0 aliphatic rings. The Morgan fingerprint density at radius 2 is 1.76 bits per heavy atom. The van der Waals surface area contributed by atoms with Gasteiger partial charge in [0, 0.05) is 22.0 Å². The highest BCUT2D eigenvalue weighted by Gasteiger charge is 2.08. The first-order valence-electron chi connectivity index (χ1n) is 7.06. The van der Waals surface area contributed by atoms with Crippen molar-refractivity contribution in [1.29, 1.82) is 0 Å². The van der Waals surface area contributed by atoms with Crippen LogP contribution >= 0.6 is 46.4 Å². The Bertz CT molecular complexity index is 953. The quantitative estimate of drug-likeness (QED) is 0.309. The topological polar surface area (TPSA) is 46.5 Å². The summed E-state index contributed by atoms with van der Waals surface area (Å²) in [6, 6.07) is 10.6. The van der Waals surface area contributed by atoms with Gasteiger partial charge >= 0.3 is 0 Å². The first-order valence-corrected chi connectivity index (χ1v) is 8.57. The number of pyridine rings is 1. The lowest BCUT2D eigenvalue weighted by Gasteiger charge is -2.07. The Kier molecular flexibility index (Phi) is 5.54. The molecule has 1 N–H and O–H groups in total. The number of hydrogen-bond acceptors (Lipinski definition) is 4. The molecule has 0 radical (unpaired) electrons. The Labute approximate surface area is 164 Å².